The predicted molar refractivity (Wildman–Crippen MR) is 53.7 cm³/mol. The average Bonchev–Trinajstić information content (AvgIpc) is 2.47. The van der Waals surface area contributed by atoms with E-state index in [1.807, 2.05) is 6.07 Å². The van der Waals surface area contributed by atoms with Crippen molar-refractivity contribution >= 4 is 17.7 Å². The van der Waals surface area contributed by atoms with Gasteiger partial charge in [0.15, 0.2) is 0 Å². The normalized spacial score (nSPS) is 19.3. The van der Waals surface area contributed by atoms with Gasteiger partial charge in [0.25, 0.3) is 0 Å². The quantitative estimate of drug-likeness (QED) is 0.782. The molecule has 1 aromatic carbocycles. The van der Waals surface area contributed by atoms with Gasteiger partial charge in [-0.15, -0.1) is 11.8 Å². The van der Waals surface area contributed by atoms with Crippen LogP contribution in [0, 0.1) is 0 Å². The number of phenols is 1. The summed E-state index contributed by atoms with van der Waals surface area (Å²) in [6.45, 7) is 0. The number of hydrogen-bond acceptors (Lipinski definition) is 3. The van der Waals surface area contributed by atoms with E-state index in [9.17, 15) is 9.90 Å². The van der Waals surface area contributed by atoms with Gasteiger partial charge in [-0.1, -0.05) is 6.07 Å². The van der Waals surface area contributed by atoms with Gasteiger partial charge in [0, 0.05) is 15.7 Å². The van der Waals surface area contributed by atoms with Crippen LogP contribution in [0.1, 0.15) is 12.0 Å². The molecule has 1 aliphatic heterocycles. The second kappa shape index (κ2) is 3.53. The molecule has 4 heteroatoms. The average molecular weight is 210 g/mol. The van der Waals surface area contributed by atoms with Crippen LogP contribution in [0.5, 0.6) is 5.75 Å². The first-order chi connectivity index (χ1) is 6.66. The van der Waals surface area contributed by atoms with E-state index in [4.69, 9.17) is 5.11 Å². The molecule has 3 nitrogen and oxygen atoms in total. The third-order valence-corrected chi connectivity index (χ3v) is 3.54. The number of fused-ring (bicyclic) bond motifs is 1. The molecule has 0 spiro atoms. The van der Waals surface area contributed by atoms with Gasteiger partial charge in [0.05, 0.1) is 6.42 Å². The minimum atomic E-state index is -0.783. The Morgan fingerprint density at radius 2 is 2.36 bits per heavy atom. The number of carboxylic acids is 1. The zero-order valence-corrected chi connectivity index (χ0v) is 8.25. The van der Waals surface area contributed by atoms with Crippen molar-refractivity contribution in [1.82, 2.24) is 0 Å². The molecule has 2 rings (SSSR count). The fourth-order valence-corrected chi connectivity index (χ4v) is 2.95. The van der Waals surface area contributed by atoms with Crippen LogP contribution in [-0.4, -0.2) is 21.4 Å². The van der Waals surface area contributed by atoms with E-state index in [1.165, 1.54) is 11.8 Å². The Kier molecular flexibility index (Phi) is 2.37. The Balaban J connectivity index is 2.18. The maximum Gasteiger partial charge on any atom is 0.304 e. The van der Waals surface area contributed by atoms with E-state index in [0.29, 0.717) is 6.42 Å². The number of benzene rings is 1. The van der Waals surface area contributed by atoms with Crippen LogP contribution in [0.4, 0.5) is 0 Å². The zero-order chi connectivity index (χ0) is 10.1. The third-order valence-electron chi connectivity index (χ3n) is 2.24. The lowest BCUT2D eigenvalue weighted by atomic mass is 10.1. The maximum atomic E-state index is 10.5. The molecule has 1 atom stereocenters. The van der Waals surface area contributed by atoms with Gasteiger partial charge >= 0.3 is 5.97 Å². The van der Waals surface area contributed by atoms with Gasteiger partial charge in [0.1, 0.15) is 5.75 Å². The van der Waals surface area contributed by atoms with Crippen molar-refractivity contribution in [2.75, 3.05) is 0 Å². The van der Waals surface area contributed by atoms with Crippen molar-refractivity contribution in [2.24, 2.45) is 0 Å². The summed E-state index contributed by atoms with van der Waals surface area (Å²) in [4.78, 5) is 11.5. The molecule has 0 bridgehead atoms. The molecule has 0 saturated heterocycles. The lowest BCUT2D eigenvalue weighted by Gasteiger charge is -2.02. The first-order valence-electron chi connectivity index (χ1n) is 4.36. The number of carbonyl (C=O) groups is 1. The summed E-state index contributed by atoms with van der Waals surface area (Å²) >= 11 is 1.54. The molecule has 0 saturated carbocycles. The molecule has 14 heavy (non-hydrogen) atoms. The second-order valence-corrected chi connectivity index (χ2v) is 4.64. The van der Waals surface area contributed by atoms with Crippen molar-refractivity contribution in [3.63, 3.8) is 0 Å². The van der Waals surface area contributed by atoms with E-state index < -0.39 is 5.97 Å². The van der Waals surface area contributed by atoms with Crippen LogP contribution in [-0.2, 0) is 11.2 Å². The van der Waals surface area contributed by atoms with Crippen molar-refractivity contribution in [3.05, 3.63) is 23.8 Å². The first-order valence-corrected chi connectivity index (χ1v) is 5.24. The van der Waals surface area contributed by atoms with E-state index in [0.717, 1.165) is 10.5 Å². The Labute approximate surface area is 85.8 Å². The largest absolute Gasteiger partial charge is 0.508 e. The number of rotatable bonds is 2. The van der Waals surface area contributed by atoms with E-state index in [2.05, 4.69) is 0 Å². The summed E-state index contributed by atoms with van der Waals surface area (Å²) in [6.07, 6.45) is 0.803. The van der Waals surface area contributed by atoms with Crippen molar-refractivity contribution in [2.45, 2.75) is 23.0 Å². The van der Waals surface area contributed by atoms with Crippen molar-refractivity contribution in [3.8, 4) is 5.75 Å². The molecule has 1 heterocycles. The summed E-state index contributed by atoms with van der Waals surface area (Å²) in [5.74, 6) is -0.502. The number of hydrogen-bond donors (Lipinski definition) is 2. The molecule has 0 radical (unpaired) electrons. The molecule has 74 valence electrons. The SMILES string of the molecule is O=C(O)CC1Cc2c(O)cccc2S1. The number of aromatic hydroxyl groups is 1. The molecule has 0 aliphatic carbocycles. The summed E-state index contributed by atoms with van der Waals surface area (Å²) in [5.41, 5.74) is 0.892. The van der Waals surface area contributed by atoms with Gasteiger partial charge in [0.2, 0.25) is 0 Å². The molecular weight excluding hydrogens is 200 g/mol. The van der Waals surface area contributed by atoms with Gasteiger partial charge in [-0.3, -0.25) is 4.79 Å². The highest BCUT2D eigenvalue weighted by molar-refractivity contribution is 8.00. The Morgan fingerprint density at radius 1 is 1.57 bits per heavy atom. The van der Waals surface area contributed by atoms with Crippen LogP contribution in [0.2, 0.25) is 0 Å². The molecule has 2 N–H and O–H groups in total. The Morgan fingerprint density at radius 3 is 3.00 bits per heavy atom. The molecule has 0 amide bonds. The first kappa shape index (κ1) is 9.40. The van der Waals surface area contributed by atoms with Crippen molar-refractivity contribution < 1.29 is 15.0 Å². The third kappa shape index (κ3) is 1.70. The molecule has 0 fully saturated rings. The molecule has 1 unspecified atom stereocenters. The fraction of sp³-hybridized carbons (Fsp3) is 0.300. The minimum absolute atomic E-state index is 0.0656. The summed E-state index contributed by atoms with van der Waals surface area (Å²) in [5, 5.41) is 18.2. The maximum absolute atomic E-state index is 10.5. The van der Waals surface area contributed by atoms with Crippen LogP contribution < -0.4 is 0 Å². The van der Waals surface area contributed by atoms with Gasteiger partial charge in [-0.2, -0.15) is 0 Å². The smallest absolute Gasteiger partial charge is 0.304 e. The van der Waals surface area contributed by atoms with Crippen LogP contribution in [0.3, 0.4) is 0 Å². The lowest BCUT2D eigenvalue weighted by molar-refractivity contribution is -0.136. The monoisotopic (exact) mass is 210 g/mol. The van der Waals surface area contributed by atoms with Gasteiger partial charge < -0.3 is 10.2 Å². The number of thioether (sulfide) groups is 1. The predicted octanol–water partition coefficient (Wildman–Crippen LogP) is 1.88. The highest BCUT2D eigenvalue weighted by atomic mass is 32.2. The summed E-state index contributed by atoms with van der Waals surface area (Å²) in [6, 6.07) is 5.34. The Bertz CT molecular complexity index is 376. The molecule has 1 aromatic rings. The van der Waals surface area contributed by atoms with E-state index in [1.54, 1.807) is 12.1 Å². The van der Waals surface area contributed by atoms with Crippen LogP contribution >= 0.6 is 11.8 Å². The Hall–Kier alpha value is -1.16. The number of aliphatic carboxylic acids is 1. The fourth-order valence-electron chi connectivity index (χ4n) is 1.63. The summed E-state index contributed by atoms with van der Waals surface area (Å²) < 4.78 is 0. The highest BCUT2D eigenvalue weighted by Gasteiger charge is 2.26. The molecule has 1 aliphatic rings. The number of phenolic OH excluding ortho intramolecular Hbond substituents is 1. The lowest BCUT2D eigenvalue weighted by Crippen LogP contribution is -2.08. The van der Waals surface area contributed by atoms with Crippen molar-refractivity contribution in [1.29, 1.82) is 0 Å². The highest BCUT2D eigenvalue weighted by Crippen LogP contribution is 2.42. The zero-order valence-electron chi connectivity index (χ0n) is 7.43. The topological polar surface area (TPSA) is 57.5 Å². The minimum Gasteiger partial charge on any atom is -0.508 e. The van der Waals surface area contributed by atoms with Crippen LogP contribution in [0.15, 0.2) is 23.1 Å². The van der Waals surface area contributed by atoms with E-state index >= 15 is 0 Å². The van der Waals surface area contributed by atoms with Crippen LogP contribution in [0.25, 0.3) is 0 Å². The second-order valence-electron chi connectivity index (χ2n) is 3.30. The number of carboxylic acid groups (broad SMARTS) is 1. The van der Waals surface area contributed by atoms with Gasteiger partial charge in [-0.25, -0.2) is 0 Å². The molecular formula is C10H10O3S. The van der Waals surface area contributed by atoms with Gasteiger partial charge in [-0.05, 0) is 18.6 Å². The molecule has 0 aromatic heterocycles. The summed E-state index contributed by atoms with van der Waals surface area (Å²) in [7, 11) is 0. The standard InChI is InChI=1S/C10H10O3S/c11-8-2-1-3-9-7(8)4-6(14-9)5-10(12)13/h1-3,6,11H,4-5H2,(H,12,13). The van der Waals surface area contributed by atoms with E-state index in [-0.39, 0.29) is 17.4 Å².